The van der Waals surface area contributed by atoms with E-state index in [1.165, 1.54) is 24.3 Å². The van der Waals surface area contributed by atoms with Crippen LogP contribution in [0.1, 0.15) is 46.2 Å². The molecule has 4 aromatic rings. The number of hydrogen-bond acceptors (Lipinski definition) is 12. The summed E-state index contributed by atoms with van der Waals surface area (Å²) in [6.45, 7) is 0. The van der Waals surface area contributed by atoms with Crippen LogP contribution in [0.15, 0.2) is 107 Å². The monoisotopic (exact) mass is 826 g/mol. The molecule has 0 aliphatic heterocycles. The predicted octanol–water partition coefficient (Wildman–Crippen LogP) is 8.74. The second-order valence-corrected chi connectivity index (χ2v) is 15.7. The van der Waals surface area contributed by atoms with Crippen LogP contribution in [0.2, 0.25) is 2.82 Å². The Morgan fingerprint density at radius 2 is 0.964 bits per heavy atom. The molecule has 2 aliphatic carbocycles. The van der Waals surface area contributed by atoms with Crippen LogP contribution >= 0.6 is 0 Å². The Balaban J connectivity index is 1.64. The van der Waals surface area contributed by atoms with Gasteiger partial charge in [0.25, 0.3) is 20.2 Å². The summed E-state index contributed by atoms with van der Waals surface area (Å²) < 4.78 is 177. The number of aliphatic hydroxyl groups excluding tert-OH is 2. The molecule has 0 amide bonds. The molecule has 6 N–H and O–H groups in total. The maximum Gasteiger partial charge on any atom is 0.573 e. The highest BCUT2D eigenvalue weighted by Gasteiger charge is 2.55. The van der Waals surface area contributed by atoms with Crippen LogP contribution in [0.5, 0.6) is 11.5 Å². The fourth-order valence-electron chi connectivity index (χ4n) is 7.10. The van der Waals surface area contributed by atoms with E-state index in [4.69, 9.17) is 2.82 Å². The number of nitrogens with zero attached hydrogens (tertiary/aromatic N) is 2. The van der Waals surface area contributed by atoms with Crippen molar-refractivity contribution in [3.63, 3.8) is 0 Å². The number of allylic oxidation sites excluding steroid dienone is 2. The summed E-state index contributed by atoms with van der Waals surface area (Å²) in [5.74, 6) is -4.10. The molecular weight excluding hydrogens is 803 g/mol. The molecule has 56 heavy (non-hydrogen) atoms. The minimum absolute atomic E-state index is 0.340. The molecule has 4 aromatic carbocycles. The first-order valence-corrected chi connectivity index (χ1v) is 18.4. The van der Waals surface area contributed by atoms with Gasteiger partial charge in [-0.3, -0.25) is 9.11 Å². The first kappa shape index (κ1) is 37.1. The Bertz CT molecular complexity index is 2510. The number of ether oxygens (including phenoxy) is 2. The number of halogens is 6. The topological polar surface area (TPSA) is 240 Å². The van der Waals surface area contributed by atoms with Crippen LogP contribution in [0.4, 0.5) is 26.3 Å². The highest BCUT2D eigenvalue weighted by Crippen LogP contribution is 2.55. The SMILES string of the molecule is [H]/N=N/C1=C(O)c2ccccc2C(c2ccc(-c3ccc(C4(S(=O)(=O)O)CC(/N=N/[H])=C(O)c5ccccc54)c(OC(F)(F)F)c3)cc2OC(F)(F)F)(S(=O)(=O)O)C1. The van der Waals surface area contributed by atoms with Gasteiger partial charge in [0.1, 0.15) is 34.4 Å². The number of alkyl halides is 6. The number of aliphatic hydroxyl groups is 2. The van der Waals surface area contributed by atoms with Crippen LogP contribution in [0.25, 0.3) is 22.6 Å². The molecule has 294 valence electrons. The quantitative estimate of drug-likeness (QED) is 0.0532. The minimum Gasteiger partial charge on any atom is -0.505 e. The molecule has 6 rings (SSSR count). The van der Waals surface area contributed by atoms with Crippen LogP contribution in [0, 0.1) is 11.0 Å². The smallest absolute Gasteiger partial charge is 0.505 e. The van der Waals surface area contributed by atoms with Gasteiger partial charge >= 0.3 is 12.7 Å². The second kappa shape index (κ2) is 13.4. The Hall–Kier alpha value is -5.84. The molecule has 0 spiro atoms. The van der Waals surface area contributed by atoms with Gasteiger partial charge in [0.05, 0.1) is 0 Å². The Morgan fingerprint density at radius 1 is 0.607 bits per heavy atom. The maximum absolute atomic E-state index is 14.1. The Morgan fingerprint density at radius 3 is 1.29 bits per heavy atom. The molecule has 22 heteroatoms. The molecule has 0 radical (unpaired) electrons. The van der Waals surface area contributed by atoms with Gasteiger partial charge in [0.15, 0.2) is 9.49 Å². The lowest BCUT2D eigenvalue weighted by atomic mass is 9.78. The lowest BCUT2D eigenvalue weighted by molar-refractivity contribution is -0.276. The summed E-state index contributed by atoms with van der Waals surface area (Å²) >= 11 is 0. The van der Waals surface area contributed by atoms with E-state index in [-0.39, 0.29) is 11.1 Å². The van der Waals surface area contributed by atoms with Gasteiger partial charge in [0, 0.05) is 35.1 Å². The van der Waals surface area contributed by atoms with E-state index in [0.29, 0.717) is 12.1 Å². The van der Waals surface area contributed by atoms with Gasteiger partial charge in [-0.15, -0.1) is 26.3 Å². The summed E-state index contributed by atoms with van der Waals surface area (Å²) in [5.41, 5.74) is -0.0514. The molecule has 0 heterocycles. The normalized spacial score (nSPS) is 21.1. The van der Waals surface area contributed by atoms with Gasteiger partial charge in [0.2, 0.25) is 2.82 Å². The highest BCUT2D eigenvalue weighted by molar-refractivity contribution is 7.87. The molecule has 0 bridgehead atoms. The average molecular weight is 827 g/mol. The fraction of sp³-hybridized carbons (Fsp3) is 0.176. The van der Waals surface area contributed by atoms with Crippen molar-refractivity contribution < 1.29 is 74.8 Å². The largest absolute Gasteiger partial charge is 0.573 e. The standard InChI is InChI=1S/C34H24F6N4O10S2/c35-33(36,37)53-27-13-17(9-11-23(27)31(55(47,48)49)15-25(43-41)29(45)19-5-1-3-7-21(19)31)18-10-12-24(28(14-18)54-34(38,39)40)32(56(50,51)52)16-26(44-42)30(46)20-6-2-4-8-22(20)32/h1-14,41-42,45-46H,15-16H2,(H,47,48,49)(H,50,51,52)/b43-41+,44-42+. The van der Waals surface area contributed by atoms with Gasteiger partial charge in [-0.1, -0.05) is 72.8 Å². The molecule has 2 atom stereocenters. The Labute approximate surface area is 314 Å². The third-order valence-electron chi connectivity index (χ3n) is 9.35. The van der Waals surface area contributed by atoms with E-state index < -0.39 is 123 Å². The van der Waals surface area contributed by atoms with Crippen molar-refractivity contribution in [3.8, 4) is 22.6 Å². The molecule has 0 aromatic heterocycles. The number of hydrogen-bond donors (Lipinski definition) is 6. The van der Waals surface area contributed by atoms with E-state index in [9.17, 15) is 62.5 Å². The fourth-order valence-corrected chi connectivity index (χ4v) is 9.54. The van der Waals surface area contributed by atoms with Crippen molar-refractivity contribution >= 4 is 31.8 Å². The molecule has 14 nitrogen and oxygen atoms in total. The first-order chi connectivity index (χ1) is 27.0. The molecule has 2 unspecified atom stereocenters. The van der Waals surface area contributed by atoms with Gasteiger partial charge in [-0.2, -0.15) is 27.1 Å². The molecule has 0 saturated heterocycles. The molecule has 0 saturated carbocycles. The van der Waals surface area contributed by atoms with Crippen LogP contribution in [0.3, 0.4) is 0 Å². The lowest BCUT2D eigenvalue weighted by Crippen LogP contribution is -2.41. The summed E-state index contributed by atoms with van der Waals surface area (Å²) in [6, 6.07) is 13.9. The molecule has 2 aliphatic rings. The second-order valence-electron chi connectivity index (χ2n) is 12.4. The van der Waals surface area contributed by atoms with Crippen LogP contribution in [-0.2, 0) is 29.7 Å². The zero-order valence-corrected chi connectivity index (χ0v) is 29.2. The van der Waals surface area contributed by atoms with Crippen molar-refractivity contribution in [1.82, 2.24) is 0 Å². The van der Waals surface area contributed by atoms with Gasteiger partial charge < -0.3 is 19.7 Å². The van der Waals surface area contributed by atoms with E-state index >= 15 is 0 Å². The number of fused-ring (bicyclic) bond motifs is 2. The minimum atomic E-state index is -5.62. The summed E-state index contributed by atoms with van der Waals surface area (Å²) in [7, 11) is -11.2. The van der Waals surface area contributed by atoms with Gasteiger partial charge in [-0.05, 0) is 34.4 Å². The number of benzene rings is 4. The van der Waals surface area contributed by atoms with E-state index in [1.54, 1.807) is 0 Å². The zero-order chi connectivity index (χ0) is 42.6. The summed E-state index contributed by atoms with van der Waals surface area (Å²) in [5, 5.41) is 28.4. The Kier molecular flexibility index (Phi) is 8.89. The predicted molar refractivity (Wildman–Crippen MR) is 181 cm³/mol. The molecule has 0 fully saturated rings. The van der Waals surface area contributed by atoms with Crippen molar-refractivity contribution in [3.05, 3.63) is 130 Å². The van der Waals surface area contributed by atoms with E-state index in [2.05, 4.69) is 30.8 Å². The van der Waals surface area contributed by atoms with Crippen molar-refractivity contribution in [2.75, 3.05) is 0 Å². The van der Waals surface area contributed by atoms with Crippen molar-refractivity contribution in [2.24, 2.45) is 10.2 Å². The van der Waals surface area contributed by atoms with E-state index in [0.717, 1.165) is 48.5 Å². The average Bonchev–Trinajstić information content (AvgIpc) is 3.12. The van der Waals surface area contributed by atoms with Gasteiger partial charge in [-0.25, -0.2) is 11.0 Å². The van der Waals surface area contributed by atoms with E-state index in [1.807, 2.05) is 0 Å². The zero-order valence-electron chi connectivity index (χ0n) is 29.6. The maximum atomic E-state index is 14.1. The lowest BCUT2D eigenvalue weighted by Gasteiger charge is -2.37. The molecular formula is C34H24F6N4O10S2. The first-order valence-electron chi connectivity index (χ1n) is 16.4. The highest BCUT2D eigenvalue weighted by atomic mass is 32.2. The van der Waals surface area contributed by atoms with Crippen molar-refractivity contribution in [2.45, 2.75) is 35.1 Å². The van der Waals surface area contributed by atoms with Crippen LogP contribution in [-0.4, -0.2) is 48.9 Å². The summed E-state index contributed by atoms with van der Waals surface area (Å²) in [6.07, 6.45) is -13.4. The number of nitrogens with one attached hydrogen (secondary N) is 2. The number of rotatable bonds is 9. The third kappa shape index (κ3) is 6.52. The van der Waals surface area contributed by atoms with Crippen LogP contribution < -0.4 is 9.47 Å². The summed E-state index contributed by atoms with van der Waals surface area (Å²) in [4.78, 5) is 0. The van der Waals surface area contributed by atoms with Crippen molar-refractivity contribution in [1.29, 1.82) is 11.0 Å². The third-order valence-corrected chi connectivity index (χ3v) is 12.3.